The summed E-state index contributed by atoms with van der Waals surface area (Å²) in [6.07, 6.45) is 4.62. The topological polar surface area (TPSA) is 0 Å². The summed E-state index contributed by atoms with van der Waals surface area (Å²) in [5.74, 6) is 1.75. The predicted molar refractivity (Wildman–Crippen MR) is 48.7 cm³/mol. The Kier molecular flexibility index (Phi) is 1.25. The molecule has 6 atom stereocenters. The minimum atomic E-state index is -0.371. The normalized spacial score (nSPS) is 58.7. The van der Waals surface area contributed by atoms with Crippen molar-refractivity contribution in [3.8, 4) is 0 Å². The van der Waals surface area contributed by atoms with Gasteiger partial charge in [0, 0.05) is 11.8 Å². The molecule has 0 saturated heterocycles. The molecule has 2 heteroatoms. The molecule has 3 fully saturated rings. The summed E-state index contributed by atoms with van der Waals surface area (Å²) in [6.45, 7) is 0. The van der Waals surface area contributed by atoms with Gasteiger partial charge in [-0.2, -0.15) is 0 Å². The Labute approximate surface area is 82.4 Å². The van der Waals surface area contributed by atoms with Crippen molar-refractivity contribution in [3.63, 3.8) is 0 Å². The Morgan fingerprint density at radius 2 is 1.29 bits per heavy atom. The van der Waals surface area contributed by atoms with E-state index in [9.17, 15) is 8.78 Å². The molecule has 0 nitrogen and oxygen atoms in total. The molecule has 0 radical (unpaired) electrons. The third kappa shape index (κ3) is 0.655. The summed E-state index contributed by atoms with van der Waals surface area (Å²) in [6, 6.07) is 0. The fourth-order valence-corrected chi connectivity index (χ4v) is 5.06. The molecule has 0 aliphatic heterocycles. The number of hydrogen-bond acceptors (Lipinski definition) is 0. The zero-order valence-corrected chi connectivity index (χ0v) is 8.05. The smallest absolute Gasteiger partial charge is 0.135 e. The molecule has 0 spiro atoms. The summed E-state index contributed by atoms with van der Waals surface area (Å²) in [5.41, 5.74) is 0. The van der Waals surface area contributed by atoms with Gasteiger partial charge in [0.15, 0.2) is 0 Å². The largest absolute Gasteiger partial charge is 0.209 e. The van der Waals surface area contributed by atoms with E-state index in [1.807, 2.05) is 0 Å². The molecule has 0 aromatic carbocycles. The average molecular weight is 196 g/mol. The van der Waals surface area contributed by atoms with Gasteiger partial charge in [-0.1, -0.05) is 0 Å². The van der Waals surface area contributed by atoms with Gasteiger partial charge in [0.05, 0.1) is 0 Å². The monoisotopic (exact) mass is 196 g/mol. The zero-order chi connectivity index (χ0) is 9.45. The molecule has 3 saturated carbocycles. The van der Waals surface area contributed by atoms with Crippen LogP contribution in [0.5, 0.6) is 0 Å². The highest BCUT2D eigenvalue weighted by Crippen LogP contribution is 2.68. The van der Waals surface area contributed by atoms with Gasteiger partial charge in [0.25, 0.3) is 0 Å². The third-order valence-corrected chi connectivity index (χ3v) is 5.36. The van der Waals surface area contributed by atoms with E-state index in [0.29, 0.717) is 11.8 Å². The van der Waals surface area contributed by atoms with E-state index >= 15 is 0 Å². The van der Waals surface area contributed by atoms with Crippen molar-refractivity contribution in [1.82, 2.24) is 0 Å². The molecule has 4 bridgehead atoms. The highest BCUT2D eigenvalue weighted by Gasteiger charge is 2.63. The van der Waals surface area contributed by atoms with Gasteiger partial charge in [-0.25, -0.2) is 8.78 Å². The lowest BCUT2D eigenvalue weighted by Gasteiger charge is -2.33. The molecule has 0 N–H and O–H groups in total. The number of fused-ring (bicyclic) bond motifs is 9. The van der Waals surface area contributed by atoms with Crippen LogP contribution in [-0.4, -0.2) is 0 Å². The Balaban J connectivity index is 1.82. The van der Waals surface area contributed by atoms with Gasteiger partial charge in [-0.15, -0.1) is 0 Å². The van der Waals surface area contributed by atoms with E-state index < -0.39 is 0 Å². The fourth-order valence-electron chi connectivity index (χ4n) is 5.06. The predicted octanol–water partition coefficient (Wildman–Crippen LogP) is 3.45. The first-order chi connectivity index (χ1) is 6.77. The van der Waals surface area contributed by atoms with Crippen molar-refractivity contribution < 1.29 is 8.78 Å². The van der Waals surface area contributed by atoms with Crippen LogP contribution in [0.3, 0.4) is 0 Å². The van der Waals surface area contributed by atoms with Crippen LogP contribution in [0.1, 0.15) is 25.7 Å². The lowest BCUT2D eigenvalue weighted by molar-refractivity contribution is 0.166. The van der Waals surface area contributed by atoms with Crippen LogP contribution in [0.15, 0.2) is 11.7 Å². The molecule has 0 aromatic rings. The number of halogens is 2. The second kappa shape index (κ2) is 2.23. The van der Waals surface area contributed by atoms with Crippen molar-refractivity contribution in [2.24, 2.45) is 35.5 Å². The second-order valence-electron chi connectivity index (χ2n) is 5.63. The minimum absolute atomic E-state index is 0.0136. The Morgan fingerprint density at radius 3 is 1.79 bits per heavy atom. The van der Waals surface area contributed by atoms with Crippen LogP contribution < -0.4 is 0 Å². The zero-order valence-electron chi connectivity index (χ0n) is 8.05. The van der Waals surface area contributed by atoms with Gasteiger partial charge in [-0.05, 0) is 49.4 Å². The van der Waals surface area contributed by atoms with Crippen LogP contribution in [0, 0.1) is 35.5 Å². The summed E-state index contributed by atoms with van der Waals surface area (Å²) in [7, 11) is 0. The molecule has 76 valence electrons. The Morgan fingerprint density at radius 1 is 0.786 bits per heavy atom. The van der Waals surface area contributed by atoms with Crippen LogP contribution >= 0.6 is 0 Å². The number of rotatable bonds is 0. The molecule has 4 aliphatic carbocycles. The lowest BCUT2D eigenvalue weighted by Crippen LogP contribution is -2.28. The summed E-state index contributed by atoms with van der Waals surface area (Å²) >= 11 is 0. The van der Waals surface area contributed by atoms with Gasteiger partial charge < -0.3 is 0 Å². The number of allylic oxidation sites excluding steroid dienone is 2. The molecular weight excluding hydrogens is 182 g/mol. The van der Waals surface area contributed by atoms with Gasteiger partial charge in [0.1, 0.15) is 11.7 Å². The van der Waals surface area contributed by atoms with Crippen molar-refractivity contribution in [1.29, 1.82) is 0 Å². The summed E-state index contributed by atoms with van der Waals surface area (Å²) < 4.78 is 27.0. The van der Waals surface area contributed by atoms with Crippen LogP contribution in [0.2, 0.25) is 0 Å². The molecule has 0 heterocycles. The van der Waals surface area contributed by atoms with E-state index in [4.69, 9.17) is 0 Å². The van der Waals surface area contributed by atoms with Crippen molar-refractivity contribution in [2.45, 2.75) is 25.7 Å². The molecule has 0 amide bonds. The quantitative estimate of drug-likeness (QED) is 0.520. The first-order valence-electron chi connectivity index (χ1n) is 5.82. The van der Waals surface area contributed by atoms with E-state index in [0.717, 1.165) is 18.3 Å². The SMILES string of the molecule is FC1=C(F)C2CC1C1C3CCC(C3)C21. The Bertz CT molecular complexity index is 303. The maximum atomic E-state index is 13.5. The van der Waals surface area contributed by atoms with Crippen molar-refractivity contribution >= 4 is 0 Å². The van der Waals surface area contributed by atoms with Crippen molar-refractivity contribution in [2.75, 3.05) is 0 Å². The Hall–Kier alpha value is -0.400. The molecule has 14 heavy (non-hydrogen) atoms. The molecule has 6 unspecified atom stereocenters. The average Bonchev–Trinajstić information content (AvgIpc) is 2.87. The summed E-state index contributed by atoms with van der Waals surface area (Å²) in [4.78, 5) is 0. The maximum Gasteiger partial charge on any atom is 0.135 e. The first kappa shape index (κ1) is 7.84. The van der Waals surface area contributed by atoms with E-state index in [1.54, 1.807) is 0 Å². The van der Waals surface area contributed by atoms with Gasteiger partial charge >= 0.3 is 0 Å². The standard InChI is InChI=1S/C12H14F2/c13-11-7-4-8(12(11)14)10-6-2-1-5(3-6)9(7)10/h5-10H,1-4H2. The number of hydrogen-bond donors (Lipinski definition) is 0. The van der Waals surface area contributed by atoms with Crippen LogP contribution in [0.4, 0.5) is 8.78 Å². The highest BCUT2D eigenvalue weighted by molar-refractivity contribution is 5.27. The third-order valence-electron chi connectivity index (χ3n) is 5.36. The lowest BCUT2D eigenvalue weighted by atomic mass is 9.73. The van der Waals surface area contributed by atoms with E-state index in [1.165, 1.54) is 19.3 Å². The van der Waals surface area contributed by atoms with Gasteiger partial charge in [-0.3, -0.25) is 0 Å². The molecule has 0 aromatic heterocycles. The molecular formula is C12H14F2. The highest BCUT2D eigenvalue weighted by atomic mass is 19.2. The van der Waals surface area contributed by atoms with E-state index in [2.05, 4.69) is 0 Å². The van der Waals surface area contributed by atoms with Crippen LogP contribution in [0.25, 0.3) is 0 Å². The first-order valence-corrected chi connectivity index (χ1v) is 5.82. The minimum Gasteiger partial charge on any atom is -0.209 e. The second-order valence-corrected chi connectivity index (χ2v) is 5.63. The van der Waals surface area contributed by atoms with Gasteiger partial charge in [0.2, 0.25) is 0 Å². The van der Waals surface area contributed by atoms with Crippen LogP contribution in [-0.2, 0) is 0 Å². The fraction of sp³-hybridized carbons (Fsp3) is 0.833. The van der Waals surface area contributed by atoms with E-state index in [-0.39, 0.29) is 23.5 Å². The summed E-state index contributed by atoms with van der Waals surface area (Å²) in [5, 5.41) is 0. The van der Waals surface area contributed by atoms with Crippen molar-refractivity contribution in [3.05, 3.63) is 11.7 Å². The molecule has 4 aliphatic rings. The molecule has 4 rings (SSSR count). The maximum absolute atomic E-state index is 13.5.